The van der Waals surface area contributed by atoms with E-state index >= 15 is 0 Å². The summed E-state index contributed by atoms with van der Waals surface area (Å²) in [5.41, 5.74) is 7.91. The number of halogens is 1. The second kappa shape index (κ2) is 5.53. The van der Waals surface area contributed by atoms with Crippen molar-refractivity contribution >= 4 is 11.6 Å². The molecule has 1 N–H and O–H groups in total. The van der Waals surface area contributed by atoms with Crippen molar-refractivity contribution in [3.63, 3.8) is 0 Å². The number of aromatic nitrogens is 6. The van der Waals surface area contributed by atoms with E-state index in [0.29, 0.717) is 11.7 Å². The molecule has 3 aromatic heterocycles. The van der Waals surface area contributed by atoms with E-state index < -0.39 is 0 Å². The van der Waals surface area contributed by atoms with E-state index in [2.05, 4.69) is 43.5 Å². The molecule has 0 amide bonds. The van der Waals surface area contributed by atoms with Gasteiger partial charge in [0.05, 0.1) is 17.9 Å². The molecule has 25 heavy (non-hydrogen) atoms. The van der Waals surface area contributed by atoms with Gasteiger partial charge in [0.25, 0.3) is 0 Å². The van der Waals surface area contributed by atoms with Crippen molar-refractivity contribution < 1.29 is 0 Å². The van der Waals surface area contributed by atoms with Crippen molar-refractivity contribution in [2.24, 2.45) is 0 Å². The van der Waals surface area contributed by atoms with Gasteiger partial charge >= 0.3 is 0 Å². The standard InChI is InChI=1S/C18H13ClN6/c19-16-4-2-12(7-21-16)17-15-6-13-5-11(8-25-10-20-9-22-25)1-3-14(13)18(15)24-23-17/h1-5,7,9-10H,6,8H2,(H,23,24). The number of rotatable bonds is 3. The van der Waals surface area contributed by atoms with Crippen LogP contribution in [0.2, 0.25) is 5.15 Å². The number of hydrogen-bond acceptors (Lipinski definition) is 4. The fraction of sp³-hybridized carbons (Fsp3) is 0.111. The van der Waals surface area contributed by atoms with Crippen LogP contribution in [0.25, 0.3) is 22.5 Å². The summed E-state index contributed by atoms with van der Waals surface area (Å²) in [7, 11) is 0. The predicted octanol–water partition coefficient (Wildman–Crippen LogP) is 3.34. The Morgan fingerprint density at radius 2 is 2.16 bits per heavy atom. The average Bonchev–Trinajstić information content (AvgIpc) is 3.32. The zero-order valence-corrected chi connectivity index (χ0v) is 13.9. The molecule has 3 heterocycles. The molecule has 0 bridgehead atoms. The van der Waals surface area contributed by atoms with Gasteiger partial charge < -0.3 is 0 Å². The number of benzene rings is 1. The second-order valence-electron chi connectivity index (χ2n) is 6.06. The topological polar surface area (TPSA) is 72.3 Å². The highest BCUT2D eigenvalue weighted by atomic mass is 35.5. The molecular weight excluding hydrogens is 336 g/mol. The third-order valence-corrected chi connectivity index (χ3v) is 4.71. The zero-order chi connectivity index (χ0) is 16.8. The SMILES string of the molecule is Clc1ccc(-c2n[nH]c3c2Cc2cc(Cn4cncn4)ccc2-3)cn1. The Bertz CT molecular complexity index is 1050. The molecule has 0 radical (unpaired) electrons. The van der Waals surface area contributed by atoms with Gasteiger partial charge in [-0.25, -0.2) is 14.6 Å². The summed E-state index contributed by atoms with van der Waals surface area (Å²) in [6.07, 6.45) is 5.89. The molecule has 6 nitrogen and oxygen atoms in total. The smallest absolute Gasteiger partial charge is 0.137 e. The Morgan fingerprint density at radius 3 is 2.96 bits per heavy atom. The molecule has 1 aliphatic rings. The third kappa shape index (κ3) is 2.42. The first-order valence-corrected chi connectivity index (χ1v) is 8.29. The van der Waals surface area contributed by atoms with Crippen LogP contribution in [0, 0.1) is 0 Å². The lowest BCUT2D eigenvalue weighted by atomic mass is 10.1. The molecular formula is C18H13ClN6. The number of nitrogens with zero attached hydrogens (tertiary/aromatic N) is 5. The Kier molecular flexibility index (Phi) is 3.18. The van der Waals surface area contributed by atoms with Crippen LogP contribution in [0.15, 0.2) is 49.2 Å². The highest BCUT2D eigenvalue weighted by Crippen LogP contribution is 2.40. The van der Waals surface area contributed by atoms with Crippen LogP contribution in [0.5, 0.6) is 0 Å². The van der Waals surface area contributed by atoms with Crippen molar-refractivity contribution in [1.29, 1.82) is 0 Å². The minimum atomic E-state index is 0.483. The summed E-state index contributed by atoms with van der Waals surface area (Å²) in [5, 5.41) is 12.3. The van der Waals surface area contributed by atoms with Crippen molar-refractivity contribution in [3.05, 3.63) is 71.0 Å². The first kappa shape index (κ1) is 14.4. The summed E-state index contributed by atoms with van der Waals surface area (Å²) in [4.78, 5) is 8.15. The van der Waals surface area contributed by atoms with Gasteiger partial charge in [-0.2, -0.15) is 10.2 Å². The number of pyridine rings is 1. The number of fused-ring (bicyclic) bond motifs is 3. The molecule has 0 fully saturated rings. The van der Waals surface area contributed by atoms with Gasteiger partial charge in [-0.3, -0.25) is 5.10 Å². The molecule has 0 aliphatic heterocycles. The monoisotopic (exact) mass is 348 g/mol. The Hall–Kier alpha value is -2.99. The van der Waals surface area contributed by atoms with Crippen LogP contribution in [0.1, 0.15) is 16.7 Å². The maximum atomic E-state index is 5.89. The highest BCUT2D eigenvalue weighted by Gasteiger charge is 2.25. The van der Waals surface area contributed by atoms with Crippen LogP contribution in [0.4, 0.5) is 0 Å². The summed E-state index contributed by atoms with van der Waals surface area (Å²) >= 11 is 5.89. The number of hydrogen-bond donors (Lipinski definition) is 1. The molecule has 1 aromatic carbocycles. The van der Waals surface area contributed by atoms with E-state index in [4.69, 9.17) is 11.6 Å². The van der Waals surface area contributed by atoms with Crippen LogP contribution in [0.3, 0.4) is 0 Å². The van der Waals surface area contributed by atoms with Crippen LogP contribution in [-0.2, 0) is 13.0 Å². The third-order valence-electron chi connectivity index (χ3n) is 4.49. The minimum Gasteiger partial charge on any atom is -0.277 e. The summed E-state index contributed by atoms with van der Waals surface area (Å²) in [6.45, 7) is 0.716. The molecule has 0 atom stereocenters. The molecule has 1 aliphatic carbocycles. The van der Waals surface area contributed by atoms with Gasteiger partial charge in [-0.15, -0.1) is 0 Å². The number of aromatic amines is 1. The van der Waals surface area contributed by atoms with E-state index in [9.17, 15) is 0 Å². The lowest BCUT2D eigenvalue weighted by molar-refractivity contribution is 0.684. The van der Waals surface area contributed by atoms with Crippen LogP contribution < -0.4 is 0 Å². The van der Waals surface area contributed by atoms with E-state index in [0.717, 1.165) is 23.4 Å². The molecule has 0 unspecified atom stereocenters. The highest BCUT2D eigenvalue weighted by molar-refractivity contribution is 6.29. The number of nitrogens with one attached hydrogen (secondary N) is 1. The Labute approximate surface area is 148 Å². The van der Waals surface area contributed by atoms with Crippen LogP contribution >= 0.6 is 11.6 Å². The molecule has 0 spiro atoms. The second-order valence-corrected chi connectivity index (χ2v) is 6.44. The molecule has 0 saturated carbocycles. The van der Waals surface area contributed by atoms with Gasteiger partial charge in [-0.05, 0) is 23.3 Å². The lowest BCUT2D eigenvalue weighted by Crippen LogP contribution is -2.00. The number of H-pyrrole nitrogens is 1. The zero-order valence-electron chi connectivity index (χ0n) is 13.1. The van der Waals surface area contributed by atoms with Gasteiger partial charge in [0.2, 0.25) is 0 Å². The van der Waals surface area contributed by atoms with Gasteiger partial charge in [0, 0.05) is 29.3 Å². The molecule has 7 heteroatoms. The molecule has 5 rings (SSSR count). The fourth-order valence-electron chi connectivity index (χ4n) is 3.34. The van der Waals surface area contributed by atoms with Gasteiger partial charge in [0.15, 0.2) is 0 Å². The van der Waals surface area contributed by atoms with Gasteiger partial charge in [0.1, 0.15) is 17.8 Å². The predicted molar refractivity (Wildman–Crippen MR) is 94.2 cm³/mol. The molecule has 0 saturated heterocycles. The Balaban J connectivity index is 1.50. The lowest BCUT2D eigenvalue weighted by Gasteiger charge is -2.05. The van der Waals surface area contributed by atoms with E-state index in [1.54, 1.807) is 24.9 Å². The largest absolute Gasteiger partial charge is 0.277 e. The van der Waals surface area contributed by atoms with E-state index in [-0.39, 0.29) is 0 Å². The van der Waals surface area contributed by atoms with Gasteiger partial charge in [-0.1, -0.05) is 29.8 Å². The first-order valence-electron chi connectivity index (χ1n) is 7.92. The van der Waals surface area contributed by atoms with Crippen molar-refractivity contribution in [1.82, 2.24) is 29.9 Å². The molecule has 122 valence electrons. The van der Waals surface area contributed by atoms with Crippen molar-refractivity contribution in [3.8, 4) is 22.5 Å². The summed E-state index contributed by atoms with van der Waals surface area (Å²) in [6, 6.07) is 10.2. The average molecular weight is 349 g/mol. The van der Waals surface area contributed by atoms with E-state index in [1.165, 1.54) is 22.3 Å². The maximum Gasteiger partial charge on any atom is 0.137 e. The first-order chi connectivity index (χ1) is 12.3. The van der Waals surface area contributed by atoms with Crippen molar-refractivity contribution in [2.75, 3.05) is 0 Å². The molecule has 4 aromatic rings. The van der Waals surface area contributed by atoms with Crippen molar-refractivity contribution in [2.45, 2.75) is 13.0 Å². The fourth-order valence-corrected chi connectivity index (χ4v) is 3.45. The normalized spacial score (nSPS) is 12.2. The van der Waals surface area contributed by atoms with Crippen LogP contribution in [-0.4, -0.2) is 29.9 Å². The maximum absolute atomic E-state index is 5.89. The quantitative estimate of drug-likeness (QED) is 0.507. The Morgan fingerprint density at radius 1 is 1.20 bits per heavy atom. The minimum absolute atomic E-state index is 0.483. The summed E-state index contributed by atoms with van der Waals surface area (Å²) < 4.78 is 1.82. The van der Waals surface area contributed by atoms with E-state index in [1.807, 2.05) is 10.7 Å². The summed E-state index contributed by atoms with van der Waals surface area (Å²) in [5.74, 6) is 0.